The highest BCUT2D eigenvalue weighted by atomic mass is 32.1. The van der Waals surface area contributed by atoms with Crippen LogP contribution in [0, 0.1) is 19.3 Å². The lowest BCUT2D eigenvalue weighted by Crippen LogP contribution is -2.50. The molecule has 0 spiro atoms. The van der Waals surface area contributed by atoms with Crippen LogP contribution < -0.4 is 10.1 Å². The van der Waals surface area contributed by atoms with Crippen molar-refractivity contribution in [3.63, 3.8) is 0 Å². The topological polar surface area (TPSA) is 84.9 Å². The minimum Gasteiger partial charge on any atom is -0.491 e. The molecule has 200 valence electrons. The molecule has 0 fully saturated rings. The van der Waals surface area contributed by atoms with Gasteiger partial charge in [0.25, 0.3) is 5.91 Å². The number of carbonyl (C=O) groups is 2. The summed E-state index contributed by atoms with van der Waals surface area (Å²) in [5.74, 6) is -0.0113. The third-order valence-corrected chi connectivity index (χ3v) is 8.49. The van der Waals surface area contributed by atoms with Gasteiger partial charge in [-0.25, -0.2) is 4.79 Å². The summed E-state index contributed by atoms with van der Waals surface area (Å²) in [6.07, 6.45) is 1.16. The number of esters is 1. The van der Waals surface area contributed by atoms with E-state index in [0.717, 1.165) is 40.2 Å². The number of ether oxygens (including phenoxy) is 2. The molecule has 2 rings (SSSR count). The molecule has 1 aromatic heterocycles. The summed E-state index contributed by atoms with van der Waals surface area (Å²) >= 11 is 1.48. The standard InChI is InChI=1S/C29H43NO5S/c1-11-29(12-2,20-13-14-21(18(3)15-20)35-17-22(31)27(5,6)7)23-16-19(4)24(36-23)25(32)30-28(8,9)26(33)34-10/h13-16,22,31H,11-12,17H2,1-10H3,(H,30,32). The molecule has 36 heavy (non-hydrogen) atoms. The smallest absolute Gasteiger partial charge is 0.330 e. The Morgan fingerprint density at radius 3 is 2.14 bits per heavy atom. The third kappa shape index (κ3) is 6.30. The number of nitrogens with one attached hydrogen (secondary N) is 1. The van der Waals surface area contributed by atoms with Crippen molar-refractivity contribution in [3.05, 3.63) is 50.7 Å². The summed E-state index contributed by atoms with van der Waals surface area (Å²) in [5, 5.41) is 13.2. The van der Waals surface area contributed by atoms with Crippen molar-refractivity contribution in [2.45, 2.75) is 92.2 Å². The second-order valence-corrected chi connectivity index (χ2v) is 12.2. The van der Waals surface area contributed by atoms with Crippen LogP contribution in [-0.4, -0.2) is 42.3 Å². The molecule has 6 nitrogen and oxygen atoms in total. The quantitative estimate of drug-likeness (QED) is 0.381. The number of benzene rings is 1. The number of aliphatic hydroxyl groups excluding tert-OH is 1. The number of aryl methyl sites for hydroxylation is 2. The van der Waals surface area contributed by atoms with E-state index in [4.69, 9.17) is 9.47 Å². The largest absolute Gasteiger partial charge is 0.491 e. The van der Waals surface area contributed by atoms with E-state index in [9.17, 15) is 14.7 Å². The zero-order valence-electron chi connectivity index (χ0n) is 23.5. The van der Waals surface area contributed by atoms with Crippen molar-refractivity contribution in [3.8, 4) is 5.75 Å². The van der Waals surface area contributed by atoms with Crippen LogP contribution in [0.2, 0.25) is 0 Å². The molecular weight excluding hydrogens is 474 g/mol. The molecule has 1 heterocycles. The average Bonchev–Trinajstić information content (AvgIpc) is 3.20. The van der Waals surface area contributed by atoms with Gasteiger partial charge >= 0.3 is 5.97 Å². The maximum atomic E-state index is 13.1. The van der Waals surface area contributed by atoms with Crippen LogP contribution in [0.3, 0.4) is 0 Å². The SMILES string of the molecule is CCC(CC)(c1ccc(OCC(O)C(C)(C)C)c(C)c1)c1cc(C)c(C(=O)NC(C)(C)C(=O)OC)s1. The lowest BCUT2D eigenvalue weighted by Gasteiger charge is -2.32. The van der Waals surface area contributed by atoms with E-state index < -0.39 is 17.6 Å². The highest BCUT2D eigenvalue weighted by Crippen LogP contribution is 2.44. The Morgan fingerprint density at radius 2 is 1.64 bits per heavy atom. The number of rotatable bonds is 10. The van der Waals surface area contributed by atoms with E-state index in [1.165, 1.54) is 18.4 Å². The Balaban J connectivity index is 2.39. The molecule has 1 atom stereocenters. The molecule has 1 unspecified atom stereocenters. The number of amides is 1. The molecule has 2 N–H and O–H groups in total. The molecule has 0 aliphatic carbocycles. The van der Waals surface area contributed by atoms with Gasteiger partial charge in [0, 0.05) is 10.3 Å². The lowest BCUT2D eigenvalue weighted by atomic mass is 9.74. The molecule has 0 saturated heterocycles. The number of methoxy groups -OCH3 is 1. The van der Waals surface area contributed by atoms with Crippen molar-refractivity contribution < 1.29 is 24.2 Å². The van der Waals surface area contributed by atoms with E-state index in [2.05, 4.69) is 37.4 Å². The summed E-state index contributed by atoms with van der Waals surface area (Å²) in [7, 11) is 1.31. The predicted molar refractivity (Wildman–Crippen MR) is 146 cm³/mol. The highest BCUT2D eigenvalue weighted by Gasteiger charge is 2.36. The van der Waals surface area contributed by atoms with Gasteiger partial charge in [0.05, 0.1) is 18.1 Å². The van der Waals surface area contributed by atoms with E-state index in [-0.39, 0.29) is 23.3 Å². The zero-order valence-corrected chi connectivity index (χ0v) is 24.3. The minimum absolute atomic E-state index is 0.237. The molecule has 1 aromatic carbocycles. The number of carbonyl (C=O) groups excluding carboxylic acids is 2. The summed E-state index contributed by atoms with van der Waals surface area (Å²) in [4.78, 5) is 26.9. The number of hydrogen-bond donors (Lipinski definition) is 2. The van der Waals surface area contributed by atoms with Gasteiger partial charge in [0.15, 0.2) is 0 Å². The lowest BCUT2D eigenvalue weighted by molar-refractivity contribution is -0.146. The van der Waals surface area contributed by atoms with Gasteiger partial charge in [-0.15, -0.1) is 11.3 Å². The average molecular weight is 518 g/mol. The summed E-state index contributed by atoms with van der Waals surface area (Å²) in [6, 6.07) is 8.32. The van der Waals surface area contributed by atoms with E-state index in [1.807, 2.05) is 40.7 Å². The highest BCUT2D eigenvalue weighted by molar-refractivity contribution is 7.14. The Hall–Kier alpha value is -2.38. The van der Waals surface area contributed by atoms with Gasteiger partial charge in [-0.2, -0.15) is 0 Å². The van der Waals surface area contributed by atoms with E-state index in [0.29, 0.717) is 4.88 Å². The molecule has 1 amide bonds. The van der Waals surface area contributed by atoms with Crippen molar-refractivity contribution in [1.82, 2.24) is 5.32 Å². The Labute approximate surface area is 220 Å². The van der Waals surface area contributed by atoms with Crippen LogP contribution >= 0.6 is 11.3 Å². The minimum atomic E-state index is -1.12. The molecular formula is C29H43NO5S. The monoisotopic (exact) mass is 517 g/mol. The fourth-order valence-electron chi connectivity index (χ4n) is 4.27. The van der Waals surface area contributed by atoms with Crippen LogP contribution in [0.25, 0.3) is 0 Å². The molecule has 0 bridgehead atoms. The Morgan fingerprint density at radius 1 is 1.03 bits per heavy atom. The zero-order chi connectivity index (χ0) is 27.5. The molecule has 0 saturated carbocycles. The van der Waals surface area contributed by atoms with Gasteiger partial charge in [-0.3, -0.25) is 4.79 Å². The Bertz CT molecular complexity index is 1080. The van der Waals surface area contributed by atoms with Crippen molar-refractivity contribution in [1.29, 1.82) is 0 Å². The molecule has 2 aromatic rings. The maximum absolute atomic E-state index is 13.1. The van der Waals surface area contributed by atoms with Crippen molar-refractivity contribution in [2.24, 2.45) is 5.41 Å². The van der Waals surface area contributed by atoms with Crippen molar-refractivity contribution in [2.75, 3.05) is 13.7 Å². The van der Waals surface area contributed by atoms with Crippen LogP contribution in [0.4, 0.5) is 0 Å². The second kappa shape index (κ2) is 11.3. The second-order valence-electron chi connectivity index (χ2n) is 11.2. The maximum Gasteiger partial charge on any atom is 0.330 e. The first-order valence-electron chi connectivity index (χ1n) is 12.6. The van der Waals surface area contributed by atoms with Gasteiger partial charge in [-0.1, -0.05) is 46.8 Å². The van der Waals surface area contributed by atoms with Crippen LogP contribution in [0.15, 0.2) is 24.3 Å². The number of thiophene rings is 1. The van der Waals surface area contributed by atoms with E-state index in [1.54, 1.807) is 13.8 Å². The first-order chi connectivity index (χ1) is 16.6. The molecule has 7 heteroatoms. The van der Waals surface area contributed by atoms with Crippen LogP contribution in [0.5, 0.6) is 5.75 Å². The van der Waals surface area contributed by atoms with Gasteiger partial charge in [-0.05, 0) is 74.8 Å². The predicted octanol–water partition coefficient (Wildman–Crippen LogP) is 5.94. The number of aliphatic hydroxyl groups is 1. The molecule has 0 radical (unpaired) electrons. The summed E-state index contributed by atoms with van der Waals surface area (Å²) in [5.41, 5.74) is 1.42. The normalized spacial score (nSPS) is 13.3. The third-order valence-electron chi connectivity index (χ3n) is 7.05. The van der Waals surface area contributed by atoms with Crippen LogP contribution in [0.1, 0.15) is 92.5 Å². The fourth-order valence-corrected chi connectivity index (χ4v) is 5.69. The molecule has 0 aliphatic rings. The van der Waals surface area contributed by atoms with Gasteiger partial charge in [0.2, 0.25) is 0 Å². The first-order valence-corrected chi connectivity index (χ1v) is 13.4. The summed E-state index contributed by atoms with van der Waals surface area (Å²) in [6.45, 7) is 17.7. The van der Waals surface area contributed by atoms with Crippen LogP contribution in [-0.2, 0) is 14.9 Å². The summed E-state index contributed by atoms with van der Waals surface area (Å²) < 4.78 is 10.8. The van der Waals surface area contributed by atoms with Gasteiger partial charge < -0.3 is 19.9 Å². The van der Waals surface area contributed by atoms with E-state index >= 15 is 0 Å². The molecule has 0 aliphatic heterocycles. The van der Waals surface area contributed by atoms with Crippen molar-refractivity contribution >= 4 is 23.2 Å². The number of hydrogen-bond acceptors (Lipinski definition) is 6. The Kier molecular flexibility index (Phi) is 9.41. The van der Waals surface area contributed by atoms with Gasteiger partial charge in [0.1, 0.15) is 17.9 Å². The fraction of sp³-hybridized carbons (Fsp3) is 0.586. The first kappa shape index (κ1) is 29.8.